The average Bonchev–Trinajstić information content (AvgIpc) is 2.19. The minimum atomic E-state index is 0.990. The first-order valence-corrected chi connectivity index (χ1v) is 5.54. The van der Waals surface area contributed by atoms with Gasteiger partial charge in [0, 0.05) is 13.1 Å². The molecule has 0 saturated heterocycles. The Hall–Kier alpha value is -1.08. The van der Waals surface area contributed by atoms with Gasteiger partial charge in [-0.3, -0.25) is 4.90 Å². The van der Waals surface area contributed by atoms with Gasteiger partial charge in [0.2, 0.25) is 0 Å². The zero-order chi connectivity index (χ0) is 11.3. The highest BCUT2D eigenvalue weighted by atomic mass is 15.1. The zero-order valence-electron chi connectivity index (χ0n) is 10.1. The van der Waals surface area contributed by atoms with Gasteiger partial charge in [0.25, 0.3) is 0 Å². The fourth-order valence-corrected chi connectivity index (χ4v) is 1.61. The van der Waals surface area contributed by atoms with Crippen LogP contribution in [0.2, 0.25) is 0 Å². The third-order valence-electron chi connectivity index (χ3n) is 2.47. The summed E-state index contributed by atoms with van der Waals surface area (Å²) in [5, 5.41) is 0. The first-order chi connectivity index (χ1) is 7.11. The van der Waals surface area contributed by atoms with E-state index in [-0.39, 0.29) is 0 Å². The number of nitrogens with zero attached hydrogens (tertiary/aromatic N) is 1. The summed E-state index contributed by atoms with van der Waals surface area (Å²) in [6.45, 7) is 13.4. The molecule has 0 fully saturated rings. The van der Waals surface area contributed by atoms with Crippen molar-refractivity contribution in [1.82, 2.24) is 4.90 Å². The molecule has 82 valence electrons. The Morgan fingerprint density at radius 3 is 2.33 bits per heavy atom. The average molecular weight is 203 g/mol. The van der Waals surface area contributed by atoms with Crippen LogP contribution in [0, 0.1) is 6.92 Å². The highest BCUT2D eigenvalue weighted by molar-refractivity contribution is 5.21. The SMILES string of the molecule is C=C(C)CN(CC)Cc1ccc(C)cc1. The van der Waals surface area contributed by atoms with Crippen LogP contribution in [0.3, 0.4) is 0 Å². The van der Waals surface area contributed by atoms with Gasteiger partial charge in [0.15, 0.2) is 0 Å². The van der Waals surface area contributed by atoms with Crippen molar-refractivity contribution in [2.45, 2.75) is 27.3 Å². The van der Waals surface area contributed by atoms with E-state index >= 15 is 0 Å². The smallest absolute Gasteiger partial charge is 0.0237 e. The largest absolute Gasteiger partial charge is 0.295 e. The molecule has 1 nitrogen and oxygen atoms in total. The van der Waals surface area contributed by atoms with Gasteiger partial charge in [-0.2, -0.15) is 0 Å². The van der Waals surface area contributed by atoms with Crippen LogP contribution in [0.25, 0.3) is 0 Å². The maximum absolute atomic E-state index is 3.96. The molecule has 0 atom stereocenters. The highest BCUT2D eigenvalue weighted by Crippen LogP contribution is 2.07. The Balaban J connectivity index is 2.58. The molecule has 0 heterocycles. The van der Waals surface area contributed by atoms with Crippen molar-refractivity contribution < 1.29 is 0 Å². The summed E-state index contributed by atoms with van der Waals surface area (Å²) in [6, 6.07) is 8.75. The fourth-order valence-electron chi connectivity index (χ4n) is 1.61. The zero-order valence-corrected chi connectivity index (χ0v) is 10.1. The van der Waals surface area contributed by atoms with Crippen molar-refractivity contribution in [1.29, 1.82) is 0 Å². The van der Waals surface area contributed by atoms with Gasteiger partial charge < -0.3 is 0 Å². The lowest BCUT2D eigenvalue weighted by Crippen LogP contribution is -2.24. The molecule has 0 spiro atoms. The van der Waals surface area contributed by atoms with Crippen molar-refractivity contribution in [3.63, 3.8) is 0 Å². The van der Waals surface area contributed by atoms with E-state index in [1.165, 1.54) is 16.7 Å². The maximum Gasteiger partial charge on any atom is 0.0237 e. The van der Waals surface area contributed by atoms with Crippen LogP contribution in [0.1, 0.15) is 25.0 Å². The van der Waals surface area contributed by atoms with Crippen LogP contribution in [0.4, 0.5) is 0 Å². The van der Waals surface area contributed by atoms with Crippen LogP contribution < -0.4 is 0 Å². The summed E-state index contributed by atoms with van der Waals surface area (Å²) >= 11 is 0. The molecule has 0 radical (unpaired) electrons. The molecule has 0 saturated carbocycles. The van der Waals surface area contributed by atoms with E-state index < -0.39 is 0 Å². The van der Waals surface area contributed by atoms with Gasteiger partial charge >= 0.3 is 0 Å². The van der Waals surface area contributed by atoms with Crippen LogP contribution in [0.5, 0.6) is 0 Å². The molecule has 0 unspecified atom stereocenters. The Morgan fingerprint density at radius 2 is 1.87 bits per heavy atom. The lowest BCUT2D eigenvalue weighted by Gasteiger charge is -2.20. The summed E-state index contributed by atoms with van der Waals surface area (Å²) in [5.41, 5.74) is 3.93. The fraction of sp³-hybridized carbons (Fsp3) is 0.429. The van der Waals surface area contributed by atoms with E-state index in [4.69, 9.17) is 0 Å². The molecule has 1 aromatic rings. The van der Waals surface area contributed by atoms with Crippen LogP contribution >= 0.6 is 0 Å². The summed E-state index contributed by atoms with van der Waals surface area (Å²) < 4.78 is 0. The second-order valence-electron chi connectivity index (χ2n) is 4.25. The standard InChI is InChI=1S/C14H21N/c1-5-15(10-12(2)3)11-14-8-6-13(4)7-9-14/h6-9H,2,5,10-11H2,1,3-4H3. The normalized spacial score (nSPS) is 10.7. The number of hydrogen-bond donors (Lipinski definition) is 0. The molecule has 0 bridgehead atoms. The van der Waals surface area contributed by atoms with E-state index in [1.807, 2.05) is 0 Å². The van der Waals surface area contributed by atoms with Gasteiger partial charge in [-0.05, 0) is 26.0 Å². The molecule has 1 rings (SSSR count). The van der Waals surface area contributed by atoms with Crippen molar-refractivity contribution in [3.8, 4) is 0 Å². The molecular weight excluding hydrogens is 182 g/mol. The van der Waals surface area contributed by atoms with Crippen molar-refractivity contribution in [2.24, 2.45) is 0 Å². The van der Waals surface area contributed by atoms with Crippen molar-refractivity contribution >= 4 is 0 Å². The lowest BCUT2D eigenvalue weighted by molar-refractivity contribution is 0.304. The highest BCUT2D eigenvalue weighted by Gasteiger charge is 2.03. The van der Waals surface area contributed by atoms with Gasteiger partial charge in [0.1, 0.15) is 0 Å². The molecule has 0 aliphatic heterocycles. The predicted molar refractivity (Wildman–Crippen MR) is 66.9 cm³/mol. The molecule has 0 N–H and O–H groups in total. The molecule has 0 aromatic heterocycles. The van der Waals surface area contributed by atoms with E-state index in [9.17, 15) is 0 Å². The maximum atomic E-state index is 3.96. The monoisotopic (exact) mass is 203 g/mol. The molecule has 15 heavy (non-hydrogen) atoms. The van der Waals surface area contributed by atoms with Crippen molar-refractivity contribution in [2.75, 3.05) is 13.1 Å². The topological polar surface area (TPSA) is 3.24 Å². The van der Waals surface area contributed by atoms with Gasteiger partial charge in [0.05, 0.1) is 0 Å². The first kappa shape index (κ1) is 12.0. The first-order valence-electron chi connectivity index (χ1n) is 5.54. The third-order valence-corrected chi connectivity index (χ3v) is 2.47. The number of benzene rings is 1. The Labute approximate surface area is 93.4 Å². The molecule has 0 amide bonds. The van der Waals surface area contributed by atoms with E-state index in [2.05, 4.69) is 56.5 Å². The Morgan fingerprint density at radius 1 is 1.27 bits per heavy atom. The summed E-state index contributed by atoms with van der Waals surface area (Å²) in [6.07, 6.45) is 0. The molecule has 1 aromatic carbocycles. The van der Waals surface area contributed by atoms with Gasteiger partial charge in [-0.15, -0.1) is 0 Å². The summed E-state index contributed by atoms with van der Waals surface area (Å²) in [7, 11) is 0. The van der Waals surface area contributed by atoms with Gasteiger partial charge in [-0.25, -0.2) is 0 Å². The second-order valence-corrected chi connectivity index (χ2v) is 4.25. The molecule has 0 aliphatic rings. The van der Waals surface area contributed by atoms with E-state index in [0.717, 1.165) is 19.6 Å². The number of rotatable bonds is 5. The number of likely N-dealkylation sites (N-methyl/N-ethyl adjacent to an activating group) is 1. The summed E-state index contributed by atoms with van der Waals surface area (Å²) in [5.74, 6) is 0. The minimum Gasteiger partial charge on any atom is -0.295 e. The Bertz CT molecular complexity index is 311. The number of aryl methyl sites for hydroxylation is 1. The Kier molecular flexibility index (Phi) is 4.57. The molecular formula is C14H21N. The van der Waals surface area contributed by atoms with Crippen LogP contribution in [0.15, 0.2) is 36.4 Å². The van der Waals surface area contributed by atoms with Crippen LogP contribution in [-0.4, -0.2) is 18.0 Å². The second kappa shape index (κ2) is 5.72. The molecule has 0 aliphatic carbocycles. The quantitative estimate of drug-likeness (QED) is 0.663. The predicted octanol–water partition coefficient (Wildman–Crippen LogP) is 3.39. The van der Waals surface area contributed by atoms with E-state index in [1.54, 1.807) is 0 Å². The molecule has 1 heteroatoms. The van der Waals surface area contributed by atoms with Crippen LogP contribution in [-0.2, 0) is 6.54 Å². The van der Waals surface area contributed by atoms with E-state index in [0.29, 0.717) is 0 Å². The third kappa shape index (κ3) is 4.30. The summed E-state index contributed by atoms with van der Waals surface area (Å²) in [4.78, 5) is 2.40. The number of hydrogen-bond acceptors (Lipinski definition) is 1. The minimum absolute atomic E-state index is 0.990. The van der Waals surface area contributed by atoms with Gasteiger partial charge in [-0.1, -0.05) is 48.9 Å². The lowest BCUT2D eigenvalue weighted by atomic mass is 10.1. The van der Waals surface area contributed by atoms with Crippen molar-refractivity contribution in [3.05, 3.63) is 47.5 Å².